The molecular weight excluding hydrogens is 411 g/mol. The van der Waals surface area contributed by atoms with Crippen LogP contribution in [-0.2, 0) is 14.2 Å². The Bertz CT molecular complexity index is 808. The molecule has 2 aromatic rings. The van der Waals surface area contributed by atoms with Gasteiger partial charge in [-0.3, -0.25) is 0 Å². The van der Waals surface area contributed by atoms with Gasteiger partial charge in [0.15, 0.2) is 11.5 Å². The van der Waals surface area contributed by atoms with Gasteiger partial charge in [0, 0.05) is 0 Å². The second kappa shape index (κ2) is 12.8. The molecule has 0 saturated heterocycles. The number of halogens is 1. The lowest BCUT2D eigenvalue weighted by molar-refractivity contribution is -0.0472. The van der Waals surface area contributed by atoms with Crippen LogP contribution in [0.3, 0.4) is 0 Å². The maximum absolute atomic E-state index is 13.2. The molecule has 0 spiro atoms. The summed E-state index contributed by atoms with van der Waals surface area (Å²) in [6.07, 6.45) is 0.691. The van der Waals surface area contributed by atoms with Crippen LogP contribution in [0.15, 0.2) is 42.5 Å². The molecule has 2 aromatic carbocycles. The van der Waals surface area contributed by atoms with E-state index in [9.17, 15) is 4.39 Å². The quantitative estimate of drug-likeness (QED) is 0.635. The van der Waals surface area contributed by atoms with E-state index in [1.165, 1.54) is 17.7 Å². The van der Waals surface area contributed by atoms with Gasteiger partial charge in [-0.2, -0.15) is 0 Å². The molecule has 32 heavy (non-hydrogen) atoms. The van der Waals surface area contributed by atoms with Gasteiger partial charge >= 0.3 is 0 Å². The molecule has 2 unspecified atom stereocenters. The van der Waals surface area contributed by atoms with E-state index in [2.05, 4.69) is 26.8 Å². The third-order valence-corrected chi connectivity index (χ3v) is 5.55. The maximum Gasteiger partial charge on any atom is 0.161 e. The van der Waals surface area contributed by atoms with Gasteiger partial charge in [-0.05, 0) is 53.6 Å². The molecule has 0 N–H and O–H groups in total. The fraction of sp³-hybridized carbons (Fsp3) is 0.538. The van der Waals surface area contributed by atoms with Crippen molar-refractivity contribution in [2.24, 2.45) is 0 Å². The van der Waals surface area contributed by atoms with Crippen LogP contribution >= 0.6 is 0 Å². The molecule has 0 amide bonds. The Morgan fingerprint density at radius 1 is 0.781 bits per heavy atom. The van der Waals surface area contributed by atoms with E-state index in [0.717, 1.165) is 23.5 Å². The summed E-state index contributed by atoms with van der Waals surface area (Å²) < 4.78 is 42.7. The summed E-state index contributed by atoms with van der Waals surface area (Å²) in [5.74, 6) is 1.85. The average Bonchev–Trinajstić information content (AvgIpc) is 2.79. The minimum atomic E-state index is -0.224. The molecule has 0 radical (unpaired) electrons. The van der Waals surface area contributed by atoms with Crippen LogP contribution in [0.2, 0.25) is 0 Å². The Morgan fingerprint density at radius 2 is 1.44 bits per heavy atom. The SMILES string of the molecule is CC(C)c1ccc2c(c1)OCCOCC(CC(C)c1ccc(F)cc1)OCCOCCO2. The van der Waals surface area contributed by atoms with E-state index in [1.807, 2.05) is 24.3 Å². The lowest BCUT2D eigenvalue weighted by Gasteiger charge is -2.22. The van der Waals surface area contributed by atoms with Crippen molar-refractivity contribution in [3.8, 4) is 11.5 Å². The van der Waals surface area contributed by atoms with Crippen LogP contribution in [0.4, 0.5) is 4.39 Å². The molecule has 3 rings (SSSR count). The van der Waals surface area contributed by atoms with E-state index in [0.29, 0.717) is 52.2 Å². The van der Waals surface area contributed by atoms with Crippen molar-refractivity contribution in [2.75, 3.05) is 46.2 Å². The summed E-state index contributed by atoms with van der Waals surface area (Å²) >= 11 is 0. The molecule has 176 valence electrons. The standard InChI is InChI=1S/C26H35FO5/c1-19(2)22-6-9-25-26(17-22)32-15-12-29-18-24(30-13-10-28-11-14-31-25)16-20(3)21-4-7-23(27)8-5-21/h4-9,17,19-20,24H,10-16,18H2,1-3H3. The fourth-order valence-corrected chi connectivity index (χ4v) is 3.63. The molecule has 5 nitrogen and oxygen atoms in total. The van der Waals surface area contributed by atoms with Crippen LogP contribution in [-0.4, -0.2) is 52.4 Å². The monoisotopic (exact) mass is 446 g/mol. The Kier molecular flexibility index (Phi) is 9.78. The van der Waals surface area contributed by atoms with Crippen LogP contribution < -0.4 is 9.47 Å². The van der Waals surface area contributed by atoms with E-state index in [1.54, 1.807) is 0 Å². The molecule has 1 heterocycles. The summed E-state index contributed by atoms with van der Waals surface area (Å²) in [6.45, 7) is 9.65. The van der Waals surface area contributed by atoms with Crippen molar-refractivity contribution in [2.45, 2.75) is 45.1 Å². The molecule has 0 aliphatic carbocycles. The minimum absolute atomic E-state index is 0.0835. The van der Waals surface area contributed by atoms with Gasteiger partial charge in [-0.1, -0.05) is 39.0 Å². The molecule has 0 saturated carbocycles. The number of fused-ring (bicyclic) bond motifs is 1. The van der Waals surface area contributed by atoms with Gasteiger partial charge in [0.25, 0.3) is 0 Å². The topological polar surface area (TPSA) is 46.2 Å². The molecule has 6 heteroatoms. The highest BCUT2D eigenvalue weighted by Crippen LogP contribution is 2.31. The fourth-order valence-electron chi connectivity index (χ4n) is 3.63. The van der Waals surface area contributed by atoms with Crippen molar-refractivity contribution in [1.82, 2.24) is 0 Å². The van der Waals surface area contributed by atoms with E-state index >= 15 is 0 Å². The second-order valence-corrected chi connectivity index (χ2v) is 8.43. The molecule has 2 atom stereocenters. The van der Waals surface area contributed by atoms with E-state index in [4.69, 9.17) is 23.7 Å². The third kappa shape index (κ3) is 7.76. The maximum atomic E-state index is 13.2. The van der Waals surface area contributed by atoms with Crippen LogP contribution in [0.5, 0.6) is 11.5 Å². The number of ether oxygens (including phenoxy) is 5. The zero-order chi connectivity index (χ0) is 22.8. The summed E-state index contributed by atoms with van der Waals surface area (Å²) in [6, 6.07) is 12.7. The molecule has 1 aliphatic heterocycles. The van der Waals surface area contributed by atoms with Gasteiger partial charge in [0.1, 0.15) is 19.0 Å². The van der Waals surface area contributed by atoms with Gasteiger partial charge in [0.2, 0.25) is 0 Å². The van der Waals surface area contributed by atoms with Crippen LogP contribution in [0.1, 0.15) is 50.2 Å². The lowest BCUT2D eigenvalue weighted by Crippen LogP contribution is -2.25. The Hall–Kier alpha value is -2.15. The average molecular weight is 447 g/mol. The van der Waals surface area contributed by atoms with E-state index < -0.39 is 0 Å². The van der Waals surface area contributed by atoms with E-state index in [-0.39, 0.29) is 17.8 Å². The largest absolute Gasteiger partial charge is 0.487 e. The van der Waals surface area contributed by atoms with Crippen LogP contribution in [0, 0.1) is 5.82 Å². The molecule has 0 fully saturated rings. The summed E-state index contributed by atoms with van der Waals surface area (Å²) in [7, 11) is 0. The molecule has 0 bridgehead atoms. The van der Waals surface area contributed by atoms with Crippen molar-refractivity contribution < 1.29 is 28.1 Å². The Morgan fingerprint density at radius 3 is 2.19 bits per heavy atom. The first kappa shape index (κ1) is 24.5. The van der Waals surface area contributed by atoms with Gasteiger partial charge < -0.3 is 23.7 Å². The van der Waals surface area contributed by atoms with Crippen molar-refractivity contribution in [3.63, 3.8) is 0 Å². The number of hydrogen-bond donors (Lipinski definition) is 0. The Labute approximate surface area is 190 Å². The van der Waals surface area contributed by atoms with Gasteiger partial charge in [0.05, 0.1) is 39.1 Å². The predicted molar refractivity (Wildman–Crippen MR) is 122 cm³/mol. The zero-order valence-corrected chi connectivity index (χ0v) is 19.3. The summed E-state index contributed by atoms with van der Waals surface area (Å²) in [4.78, 5) is 0. The van der Waals surface area contributed by atoms with Crippen LogP contribution in [0.25, 0.3) is 0 Å². The summed E-state index contributed by atoms with van der Waals surface area (Å²) in [5, 5.41) is 0. The van der Waals surface area contributed by atoms with Crippen molar-refractivity contribution in [3.05, 3.63) is 59.4 Å². The molecule has 1 aliphatic rings. The molecule has 0 aromatic heterocycles. The smallest absolute Gasteiger partial charge is 0.161 e. The third-order valence-electron chi connectivity index (χ3n) is 5.55. The number of hydrogen-bond acceptors (Lipinski definition) is 5. The van der Waals surface area contributed by atoms with Gasteiger partial charge in [-0.15, -0.1) is 0 Å². The Balaban J connectivity index is 1.59. The van der Waals surface area contributed by atoms with Gasteiger partial charge in [-0.25, -0.2) is 4.39 Å². The minimum Gasteiger partial charge on any atom is -0.487 e. The highest BCUT2D eigenvalue weighted by Gasteiger charge is 2.17. The normalized spacial score (nSPS) is 19.7. The second-order valence-electron chi connectivity index (χ2n) is 8.43. The number of rotatable bonds is 4. The highest BCUT2D eigenvalue weighted by molar-refractivity contribution is 5.43. The first-order valence-corrected chi connectivity index (χ1v) is 11.4. The number of benzene rings is 2. The van der Waals surface area contributed by atoms with Crippen molar-refractivity contribution in [1.29, 1.82) is 0 Å². The lowest BCUT2D eigenvalue weighted by atomic mass is 9.95. The zero-order valence-electron chi connectivity index (χ0n) is 19.3. The first-order chi connectivity index (χ1) is 15.5. The summed E-state index contributed by atoms with van der Waals surface area (Å²) in [5.41, 5.74) is 2.28. The molecular formula is C26H35FO5. The predicted octanol–water partition coefficient (Wildman–Crippen LogP) is 5.33. The van der Waals surface area contributed by atoms with Crippen molar-refractivity contribution >= 4 is 0 Å². The highest BCUT2D eigenvalue weighted by atomic mass is 19.1. The first-order valence-electron chi connectivity index (χ1n) is 11.4.